The Balaban J connectivity index is 1.52. The molecule has 2 atom stereocenters. The van der Waals surface area contributed by atoms with Gasteiger partial charge in [-0.2, -0.15) is 15.0 Å². The van der Waals surface area contributed by atoms with Gasteiger partial charge in [-0.3, -0.25) is 4.79 Å². The van der Waals surface area contributed by atoms with Crippen LogP contribution in [0.25, 0.3) is 16.6 Å². The molecule has 0 radical (unpaired) electrons. The number of pyridine rings is 1. The SMILES string of the molecule is N[C@H]1CCCC[C@H]1Nc1cc2nc[nH]c(=O)c2c(Nc2cccc(-n3nccn3)c2)n1. The molecule has 5 rings (SSSR count). The number of H-pyrrole nitrogens is 1. The Morgan fingerprint density at radius 2 is 1.97 bits per heavy atom. The number of fused-ring (bicyclic) bond motifs is 1. The highest BCUT2D eigenvalue weighted by atomic mass is 16.1. The summed E-state index contributed by atoms with van der Waals surface area (Å²) in [4.78, 5) is 25.8. The lowest BCUT2D eigenvalue weighted by atomic mass is 9.91. The minimum absolute atomic E-state index is 0.0769. The summed E-state index contributed by atoms with van der Waals surface area (Å²) in [5.41, 5.74) is 8.13. The number of aromatic amines is 1. The van der Waals surface area contributed by atoms with Crippen LogP contribution >= 0.6 is 0 Å². The minimum Gasteiger partial charge on any atom is -0.366 e. The van der Waals surface area contributed by atoms with Gasteiger partial charge in [0.15, 0.2) is 0 Å². The van der Waals surface area contributed by atoms with E-state index in [2.05, 4.69) is 30.8 Å². The van der Waals surface area contributed by atoms with Gasteiger partial charge in [0.05, 0.1) is 29.9 Å². The Kier molecular flexibility index (Phi) is 5.04. The van der Waals surface area contributed by atoms with Crippen LogP contribution in [0.4, 0.5) is 17.3 Å². The van der Waals surface area contributed by atoms with Crippen molar-refractivity contribution < 1.29 is 0 Å². The van der Waals surface area contributed by atoms with E-state index in [9.17, 15) is 4.79 Å². The summed E-state index contributed by atoms with van der Waals surface area (Å²) in [5, 5.41) is 15.4. The largest absolute Gasteiger partial charge is 0.366 e. The summed E-state index contributed by atoms with van der Waals surface area (Å²) in [6.07, 6.45) is 8.89. The lowest BCUT2D eigenvalue weighted by Gasteiger charge is -2.29. The second kappa shape index (κ2) is 8.15. The molecule has 0 spiro atoms. The first-order valence-electron chi connectivity index (χ1n) is 10.3. The summed E-state index contributed by atoms with van der Waals surface area (Å²) in [6, 6.07) is 9.57. The van der Waals surface area contributed by atoms with Crippen molar-refractivity contribution in [3.8, 4) is 5.69 Å². The average molecular weight is 417 g/mol. The molecule has 5 N–H and O–H groups in total. The highest BCUT2D eigenvalue weighted by Gasteiger charge is 2.22. The van der Waals surface area contributed by atoms with Crippen LogP contribution in [0.15, 0.2) is 53.8 Å². The molecule has 1 aromatic carbocycles. The summed E-state index contributed by atoms with van der Waals surface area (Å²) in [5.74, 6) is 1.06. The van der Waals surface area contributed by atoms with Gasteiger partial charge in [-0.15, -0.1) is 0 Å². The van der Waals surface area contributed by atoms with Crippen molar-refractivity contribution in [2.75, 3.05) is 10.6 Å². The van der Waals surface area contributed by atoms with Crippen molar-refractivity contribution in [1.82, 2.24) is 29.9 Å². The van der Waals surface area contributed by atoms with E-state index in [-0.39, 0.29) is 17.6 Å². The van der Waals surface area contributed by atoms with Crippen LogP contribution in [0.1, 0.15) is 25.7 Å². The number of anilines is 3. The number of benzene rings is 1. The highest BCUT2D eigenvalue weighted by molar-refractivity contribution is 5.92. The van der Waals surface area contributed by atoms with E-state index in [1.807, 2.05) is 24.3 Å². The topological polar surface area (TPSA) is 139 Å². The van der Waals surface area contributed by atoms with Crippen LogP contribution in [0.3, 0.4) is 0 Å². The van der Waals surface area contributed by atoms with Crippen LogP contribution in [0, 0.1) is 0 Å². The normalized spacial score (nSPS) is 18.7. The van der Waals surface area contributed by atoms with Crippen molar-refractivity contribution in [2.45, 2.75) is 37.8 Å². The second-order valence-electron chi connectivity index (χ2n) is 7.67. The molecular formula is C21H23N9O. The molecule has 3 aromatic heterocycles. The molecule has 158 valence electrons. The fourth-order valence-corrected chi connectivity index (χ4v) is 3.98. The maximum atomic E-state index is 12.6. The summed E-state index contributed by atoms with van der Waals surface area (Å²) in [6.45, 7) is 0. The van der Waals surface area contributed by atoms with Gasteiger partial charge in [-0.05, 0) is 31.0 Å². The molecule has 0 amide bonds. The minimum atomic E-state index is -0.259. The zero-order chi connectivity index (χ0) is 21.2. The second-order valence-corrected chi connectivity index (χ2v) is 7.67. The van der Waals surface area contributed by atoms with Crippen molar-refractivity contribution in [1.29, 1.82) is 0 Å². The smallest absolute Gasteiger partial charge is 0.262 e. The number of hydrogen-bond acceptors (Lipinski definition) is 8. The number of nitrogens with one attached hydrogen (secondary N) is 3. The number of rotatable bonds is 5. The van der Waals surface area contributed by atoms with Gasteiger partial charge in [-0.25, -0.2) is 9.97 Å². The first kappa shape index (κ1) is 19.2. The Labute approximate surface area is 177 Å². The summed E-state index contributed by atoms with van der Waals surface area (Å²) < 4.78 is 0. The molecule has 0 saturated heterocycles. The molecule has 10 nitrogen and oxygen atoms in total. The molecule has 3 heterocycles. The van der Waals surface area contributed by atoms with Crippen molar-refractivity contribution >= 4 is 28.2 Å². The maximum absolute atomic E-state index is 12.6. The van der Waals surface area contributed by atoms with Gasteiger partial charge >= 0.3 is 0 Å². The molecule has 0 aliphatic heterocycles. The van der Waals surface area contributed by atoms with Gasteiger partial charge < -0.3 is 21.4 Å². The van der Waals surface area contributed by atoms with Gasteiger partial charge in [0.1, 0.15) is 17.0 Å². The predicted octanol–water partition coefficient (Wildman–Crippen LogP) is 2.32. The molecule has 31 heavy (non-hydrogen) atoms. The molecule has 0 unspecified atom stereocenters. The fourth-order valence-electron chi connectivity index (χ4n) is 3.98. The van der Waals surface area contributed by atoms with E-state index < -0.39 is 0 Å². The first-order valence-corrected chi connectivity index (χ1v) is 10.3. The van der Waals surface area contributed by atoms with Crippen molar-refractivity contribution in [3.05, 3.63) is 59.4 Å². The van der Waals surface area contributed by atoms with Crippen LogP contribution in [-0.4, -0.2) is 42.0 Å². The summed E-state index contributed by atoms with van der Waals surface area (Å²) in [7, 11) is 0. The first-order chi connectivity index (χ1) is 15.2. The Morgan fingerprint density at radius 1 is 1.13 bits per heavy atom. The standard InChI is InChI=1S/C21H23N9O/c22-15-6-1-2-7-16(15)28-18-11-17-19(21(31)24-12-23-17)20(29-18)27-13-4-3-5-14(10-13)30-25-8-9-26-30/h3-5,8-12,15-16H,1-2,6-7,22H2,(H,23,24,31)(H2,27,28,29)/t15-,16+/m0/s1. The molecule has 1 saturated carbocycles. The Bertz CT molecular complexity index is 1250. The zero-order valence-electron chi connectivity index (χ0n) is 16.8. The van der Waals surface area contributed by atoms with Crippen LogP contribution < -0.4 is 21.9 Å². The molecule has 4 aromatic rings. The third-order valence-corrected chi connectivity index (χ3v) is 5.54. The predicted molar refractivity (Wildman–Crippen MR) is 119 cm³/mol. The van der Waals surface area contributed by atoms with E-state index in [1.165, 1.54) is 11.1 Å². The van der Waals surface area contributed by atoms with Crippen LogP contribution in [0.5, 0.6) is 0 Å². The molecule has 1 fully saturated rings. The number of nitrogens with zero attached hydrogens (tertiary/aromatic N) is 5. The molecule has 1 aliphatic rings. The average Bonchev–Trinajstić information content (AvgIpc) is 3.31. The van der Waals surface area contributed by atoms with E-state index in [1.54, 1.807) is 18.5 Å². The quantitative estimate of drug-likeness (QED) is 0.388. The van der Waals surface area contributed by atoms with E-state index in [4.69, 9.17) is 10.7 Å². The monoisotopic (exact) mass is 417 g/mol. The lowest BCUT2D eigenvalue weighted by molar-refractivity contribution is 0.403. The zero-order valence-corrected chi connectivity index (χ0v) is 16.8. The van der Waals surface area contributed by atoms with E-state index in [0.717, 1.165) is 37.1 Å². The third kappa shape index (κ3) is 3.97. The molecule has 1 aliphatic carbocycles. The van der Waals surface area contributed by atoms with Gasteiger partial charge in [0, 0.05) is 23.8 Å². The van der Waals surface area contributed by atoms with Crippen LogP contribution in [0.2, 0.25) is 0 Å². The molecule has 10 heteroatoms. The van der Waals surface area contributed by atoms with E-state index >= 15 is 0 Å². The Hall–Kier alpha value is -3.79. The van der Waals surface area contributed by atoms with Crippen molar-refractivity contribution in [3.63, 3.8) is 0 Å². The highest BCUT2D eigenvalue weighted by Crippen LogP contribution is 2.27. The summed E-state index contributed by atoms with van der Waals surface area (Å²) >= 11 is 0. The molecule has 0 bridgehead atoms. The van der Waals surface area contributed by atoms with Gasteiger partial charge in [0.2, 0.25) is 0 Å². The van der Waals surface area contributed by atoms with Gasteiger partial charge in [-0.1, -0.05) is 18.9 Å². The van der Waals surface area contributed by atoms with Gasteiger partial charge in [0.25, 0.3) is 5.56 Å². The fraction of sp³-hybridized carbons (Fsp3) is 0.286. The number of nitrogens with two attached hydrogens (primary N) is 1. The van der Waals surface area contributed by atoms with Crippen LogP contribution in [-0.2, 0) is 0 Å². The number of hydrogen-bond donors (Lipinski definition) is 4. The Morgan fingerprint density at radius 3 is 2.81 bits per heavy atom. The van der Waals surface area contributed by atoms with Crippen molar-refractivity contribution in [2.24, 2.45) is 5.73 Å². The third-order valence-electron chi connectivity index (χ3n) is 5.54. The molecular weight excluding hydrogens is 394 g/mol. The lowest BCUT2D eigenvalue weighted by Crippen LogP contribution is -2.42. The maximum Gasteiger partial charge on any atom is 0.262 e. The number of aromatic nitrogens is 6. The van der Waals surface area contributed by atoms with E-state index in [0.29, 0.717) is 22.5 Å².